The van der Waals surface area contributed by atoms with E-state index in [-0.39, 0.29) is 34.1 Å². The third-order valence-corrected chi connectivity index (χ3v) is 10.0. The first kappa shape index (κ1) is 24.2. The Balaban J connectivity index is 1.46. The molecule has 0 bridgehead atoms. The average molecular weight is 508 g/mol. The number of hydrogen-bond acceptors (Lipinski definition) is 4. The van der Waals surface area contributed by atoms with Crippen molar-refractivity contribution in [2.45, 2.75) is 96.9 Å². The second-order valence-corrected chi connectivity index (χ2v) is 12.6. The van der Waals surface area contributed by atoms with Gasteiger partial charge in [-0.25, -0.2) is 4.79 Å². The molecule has 1 aromatic carbocycles. The molecule has 178 valence electrons. The maximum Gasteiger partial charge on any atom is 0.338 e. The molecule has 1 aromatic rings. The van der Waals surface area contributed by atoms with Crippen LogP contribution in [0.3, 0.4) is 0 Å². The fraction of sp³-hybridized carbons (Fsp3) is 0.741. The molecule has 4 rings (SSSR count). The molecule has 0 aromatic heterocycles. The normalized spacial score (nSPS) is 40.8. The second kappa shape index (κ2) is 8.39. The van der Waals surface area contributed by atoms with Gasteiger partial charge in [-0.15, -0.1) is 0 Å². The van der Waals surface area contributed by atoms with Gasteiger partial charge in [0.25, 0.3) is 0 Å². The standard InChI is InChI=1S/C27H39BrO4/c1-18-6-11-21-24(2,3)22(29)12-13-26(21,5)27(18)15-14-25(4,32-27)16-17-31-23(30)19-7-9-20(28)10-8-19/h7-10,18,21-22,29H,6,11-17H2,1-5H3/t18-,21-,22+,25-,26-,27+/m0/s1. The highest BCUT2D eigenvalue weighted by atomic mass is 79.9. The van der Waals surface area contributed by atoms with Crippen molar-refractivity contribution >= 4 is 21.9 Å². The van der Waals surface area contributed by atoms with Crippen molar-refractivity contribution in [2.24, 2.45) is 22.7 Å². The Bertz CT molecular complexity index is 852. The summed E-state index contributed by atoms with van der Waals surface area (Å²) in [5, 5.41) is 10.8. The van der Waals surface area contributed by atoms with Crippen LogP contribution in [0.4, 0.5) is 0 Å². The first-order chi connectivity index (χ1) is 14.9. The number of carbonyl (C=O) groups excluding carboxylic acids is 1. The van der Waals surface area contributed by atoms with Crippen molar-refractivity contribution in [3.8, 4) is 0 Å². The molecule has 0 amide bonds. The SMILES string of the molecule is C[C@H]1CC[C@H]2C(C)(C)[C@H](O)CC[C@]2(C)[C@@]12CC[C@@](C)(CCOC(=O)c1ccc(Br)cc1)O2. The zero-order valence-electron chi connectivity index (χ0n) is 20.2. The molecule has 2 saturated carbocycles. The second-order valence-electron chi connectivity index (χ2n) is 11.7. The van der Waals surface area contributed by atoms with Crippen molar-refractivity contribution in [3.63, 3.8) is 0 Å². The van der Waals surface area contributed by atoms with E-state index in [0.717, 1.165) is 43.0 Å². The van der Waals surface area contributed by atoms with Gasteiger partial charge in [0.05, 0.1) is 29.5 Å². The van der Waals surface area contributed by atoms with Crippen LogP contribution in [-0.2, 0) is 9.47 Å². The number of carbonyl (C=O) groups is 1. The monoisotopic (exact) mass is 506 g/mol. The Morgan fingerprint density at radius 3 is 2.47 bits per heavy atom. The molecule has 1 spiro atoms. The Morgan fingerprint density at radius 2 is 1.78 bits per heavy atom. The number of hydrogen-bond donors (Lipinski definition) is 1. The van der Waals surface area contributed by atoms with Crippen LogP contribution in [0.1, 0.15) is 89.9 Å². The number of halogens is 1. The van der Waals surface area contributed by atoms with Crippen molar-refractivity contribution in [1.29, 1.82) is 0 Å². The molecule has 3 fully saturated rings. The van der Waals surface area contributed by atoms with E-state index in [0.29, 0.717) is 30.4 Å². The van der Waals surface area contributed by atoms with Gasteiger partial charge >= 0.3 is 5.97 Å². The minimum Gasteiger partial charge on any atom is -0.462 e. The lowest BCUT2D eigenvalue weighted by atomic mass is 9.44. The van der Waals surface area contributed by atoms with Crippen molar-refractivity contribution in [3.05, 3.63) is 34.3 Å². The quantitative estimate of drug-likeness (QED) is 0.471. The zero-order chi connectivity index (χ0) is 23.4. The highest BCUT2D eigenvalue weighted by Gasteiger charge is 2.67. The molecule has 32 heavy (non-hydrogen) atoms. The Hall–Kier alpha value is -0.910. The van der Waals surface area contributed by atoms with Crippen LogP contribution < -0.4 is 0 Å². The summed E-state index contributed by atoms with van der Waals surface area (Å²) >= 11 is 3.39. The van der Waals surface area contributed by atoms with Gasteiger partial charge in [-0.3, -0.25) is 0 Å². The van der Waals surface area contributed by atoms with Gasteiger partial charge in [0.15, 0.2) is 0 Å². The minimum atomic E-state index is -0.292. The van der Waals surface area contributed by atoms with Crippen LogP contribution in [0.25, 0.3) is 0 Å². The number of rotatable bonds is 4. The Kier molecular flexibility index (Phi) is 6.35. The van der Waals surface area contributed by atoms with Crippen LogP contribution in [0.15, 0.2) is 28.7 Å². The maximum atomic E-state index is 12.4. The van der Waals surface area contributed by atoms with Crippen LogP contribution in [0.5, 0.6) is 0 Å². The van der Waals surface area contributed by atoms with E-state index in [2.05, 4.69) is 50.5 Å². The molecule has 4 nitrogen and oxygen atoms in total. The fourth-order valence-corrected chi connectivity index (χ4v) is 7.66. The van der Waals surface area contributed by atoms with Crippen LogP contribution >= 0.6 is 15.9 Å². The van der Waals surface area contributed by atoms with Crippen LogP contribution in [0.2, 0.25) is 0 Å². The first-order valence-corrected chi connectivity index (χ1v) is 13.0. The van der Waals surface area contributed by atoms with Gasteiger partial charge in [0.2, 0.25) is 0 Å². The highest BCUT2D eigenvalue weighted by Crippen LogP contribution is 2.67. The molecule has 1 aliphatic heterocycles. The van der Waals surface area contributed by atoms with Crippen molar-refractivity contribution in [2.75, 3.05) is 6.61 Å². The molecule has 0 unspecified atom stereocenters. The van der Waals surface area contributed by atoms with E-state index in [4.69, 9.17) is 9.47 Å². The topological polar surface area (TPSA) is 55.8 Å². The molecule has 2 aliphatic carbocycles. The van der Waals surface area contributed by atoms with Gasteiger partial charge in [0.1, 0.15) is 0 Å². The van der Waals surface area contributed by atoms with Gasteiger partial charge in [-0.1, -0.05) is 43.6 Å². The summed E-state index contributed by atoms with van der Waals surface area (Å²) in [6, 6.07) is 7.26. The fourth-order valence-electron chi connectivity index (χ4n) is 7.39. The molecule has 1 heterocycles. The highest BCUT2D eigenvalue weighted by molar-refractivity contribution is 9.10. The van der Waals surface area contributed by atoms with Crippen molar-refractivity contribution in [1.82, 2.24) is 0 Å². The lowest BCUT2D eigenvalue weighted by Crippen LogP contribution is -2.65. The van der Waals surface area contributed by atoms with E-state index in [1.54, 1.807) is 12.1 Å². The summed E-state index contributed by atoms with van der Waals surface area (Å²) in [5.41, 5.74) is 0.0699. The van der Waals surface area contributed by atoms with Gasteiger partial charge in [0, 0.05) is 16.3 Å². The summed E-state index contributed by atoms with van der Waals surface area (Å²) in [6.07, 6.45) is 6.66. The van der Waals surface area contributed by atoms with Crippen LogP contribution in [0, 0.1) is 22.7 Å². The summed E-state index contributed by atoms with van der Waals surface area (Å²) in [4.78, 5) is 12.4. The van der Waals surface area contributed by atoms with E-state index < -0.39 is 0 Å². The van der Waals surface area contributed by atoms with Gasteiger partial charge < -0.3 is 14.6 Å². The number of aliphatic hydroxyl groups is 1. The average Bonchev–Trinajstić information content (AvgIpc) is 3.09. The predicted octanol–water partition coefficient (Wildman–Crippen LogP) is 6.54. The largest absolute Gasteiger partial charge is 0.462 e. The Labute approximate surface area is 201 Å². The van der Waals surface area contributed by atoms with E-state index in [9.17, 15) is 9.90 Å². The molecule has 1 saturated heterocycles. The minimum absolute atomic E-state index is 0.0548. The summed E-state index contributed by atoms with van der Waals surface area (Å²) in [7, 11) is 0. The van der Waals surface area contributed by atoms with Gasteiger partial charge in [-0.05, 0) is 87.0 Å². The summed E-state index contributed by atoms with van der Waals surface area (Å²) < 4.78 is 13.7. The third-order valence-electron chi connectivity index (χ3n) is 9.51. The number of aliphatic hydroxyl groups excluding tert-OH is 1. The summed E-state index contributed by atoms with van der Waals surface area (Å²) in [6.45, 7) is 11.8. The number of benzene rings is 1. The molecular weight excluding hydrogens is 468 g/mol. The zero-order valence-corrected chi connectivity index (χ0v) is 21.8. The molecule has 5 heteroatoms. The number of ether oxygens (including phenoxy) is 2. The lowest BCUT2D eigenvalue weighted by molar-refractivity contribution is -0.259. The predicted molar refractivity (Wildman–Crippen MR) is 130 cm³/mol. The van der Waals surface area contributed by atoms with E-state index >= 15 is 0 Å². The van der Waals surface area contributed by atoms with Crippen molar-refractivity contribution < 1.29 is 19.4 Å². The van der Waals surface area contributed by atoms with E-state index in [1.807, 2.05) is 12.1 Å². The molecule has 1 N–H and O–H groups in total. The molecule has 6 atom stereocenters. The Morgan fingerprint density at radius 1 is 1.09 bits per heavy atom. The van der Waals surface area contributed by atoms with E-state index in [1.165, 1.54) is 0 Å². The smallest absolute Gasteiger partial charge is 0.338 e. The summed E-state index contributed by atoms with van der Waals surface area (Å²) in [5.74, 6) is 0.657. The number of fused-ring (bicyclic) bond motifs is 2. The molecule has 0 radical (unpaired) electrons. The molecule has 3 aliphatic rings. The first-order valence-electron chi connectivity index (χ1n) is 12.2. The van der Waals surface area contributed by atoms with Crippen LogP contribution in [-0.4, -0.2) is 35.0 Å². The maximum absolute atomic E-state index is 12.4. The molecular formula is C27H39BrO4. The number of esters is 1. The lowest BCUT2D eigenvalue weighted by Gasteiger charge is -2.64. The third kappa shape index (κ3) is 3.86. The van der Waals surface area contributed by atoms with Gasteiger partial charge in [-0.2, -0.15) is 0 Å².